The molecule has 1 aliphatic carbocycles. The fourth-order valence-electron chi connectivity index (χ4n) is 4.92. The van der Waals surface area contributed by atoms with Crippen LogP contribution in [0.3, 0.4) is 0 Å². The molecule has 1 nitrogen and oxygen atoms in total. The minimum Gasteiger partial charge on any atom is -0.244 e. The third-order valence-corrected chi connectivity index (χ3v) is 6.66. The Kier molecular flexibility index (Phi) is 5.01. The third kappa shape index (κ3) is 3.62. The predicted molar refractivity (Wildman–Crippen MR) is 135 cm³/mol. The molecular formula is C30H17ClF3N. The van der Waals surface area contributed by atoms with Gasteiger partial charge in [-0.25, -0.2) is 4.98 Å². The van der Waals surface area contributed by atoms with Crippen molar-refractivity contribution >= 4 is 11.6 Å². The molecule has 4 aromatic carbocycles. The number of benzene rings is 4. The van der Waals surface area contributed by atoms with Crippen LogP contribution in [0.5, 0.6) is 0 Å². The van der Waals surface area contributed by atoms with Crippen LogP contribution >= 0.6 is 11.6 Å². The van der Waals surface area contributed by atoms with Crippen molar-refractivity contribution in [3.05, 3.63) is 114 Å². The van der Waals surface area contributed by atoms with E-state index in [1.165, 1.54) is 6.07 Å². The average Bonchev–Trinajstić information content (AvgIpc) is 2.87. The zero-order valence-electron chi connectivity index (χ0n) is 18.3. The maximum Gasteiger partial charge on any atom is 0.418 e. The van der Waals surface area contributed by atoms with Gasteiger partial charge in [0.25, 0.3) is 0 Å². The van der Waals surface area contributed by atoms with E-state index in [0.717, 1.165) is 50.7 Å². The van der Waals surface area contributed by atoms with Crippen LogP contribution < -0.4 is 0 Å². The summed E-state index contributed by atoms with van der Waals surface area (Å²) in [5.41, 5.74) is 7.73. The predicted octanol–water partition coefficient (Wildman–Crippen LogP) is 9.40. The van der Waals surface area contributed by atoms with Crippen LogP contribution in [0.4, 0.5) is 13.2 Å². The van der Waals surface area contributed by atoms with E-state index in [-0.39, 0.29) is 10.7 Å². The van der Waals surface area contributed by atoms with Crippen molar-refractivity contribution in [1.82, 2.24) is 4.98 Å². The van der Waals surface area contributed by atoms with Crippen LogP contribution in [0.1, 0.15) is 5.56 Å². The van der Waals surface area contributed by atoms with Gasteiger partial charge in [0.2, 0.25) is 0 Å². The summed E-state index contributed by atoms with van der Waals surface area (Å²) in [6, 6.07) is 31.1. The fourth-order valence-corrected chi connectivity index (χ4v) is 5.08. The van der Waals surface area contributed by atoms with Crippen molar-refractivity contribution in [2.45, 2.75) is 6.18 Å². The van der Waals surface area contributed by atoms with E-state index in [9.17, 15) is 13.2 Å². The number of halogens is 4. The lowest BCUT2D eigenvalue weighted by Gasteiger charge is -2.24. The van der Waals surface area contributed by atoms with Crippen molar-refractivity contribution in [2.75, 3.05) is 0 Å². The Labute approximate surface area is 205 Å². The van der Waals surface area contributed by atoms with Crippen LogP contribution in [0, 0.1) is 0 Å². The lowest BCUT2D eigenvalue weighted by atomic mass is 9.80. The molecular weight excluding hydrogens is 467 g/mol. The molecule has 0 N–H and O–H groups in total. The number of nitrogens with zero attached hydrogens (tertiary/aromatic N) is 1. The minimum absolute atomic E-state index is 0.00789. The van der Waals surface area contributed by atoms with Gasteiger partial charge in [0, 0.05) is 6.20 Å². The van der Waals surface area contributed by atoms with E-state index < -0.39 is 11.7 Å². The van der Waals surface area contributed by atoms with Crippen molar-refractivity contribution in [3.63, 3.8) is 0 Å². The highest BCUT2D eigenvalue weighted by Gasteiger charge is 2.34. The number of fused-ring (bicyclic) bond motifs is 8. The number of hydrogen-bond acceptors (Lipinski definition) is 1. The second kappa shape index (κ2) is 8.10. The Morgan fingerprint density at radius 2 is 0.943 bits per heavy atom. The van der Waals surface area contributed by atoms with Crippen LogP contribution in [0.15, 0.2) is 103 Å². The molecule has 1 heterocycles. The molecule has 5 heteroatoms. The number of pyridine rings is 1. The Bertz CT molecular complexity index is 1600. The molecule has 5 aromatic rings. The van der Waals surface area contributed by atoms with Gasteiger partial charge in [0.1, 0.15) is 5.15 Å². The molecule has 0 aliphatic heterocycles. The van der Waals surface area contributed by atoms with Crippen molar-refractivity contribution in [2.24, 2.45) is 0 Å². The summed E-state index contributed by atoms with van der Waals surface area (Å²) in [7, 11) is 0. The van der Waals surface area contributed by atoms with Crippen LogP contribution in [0.2, 0.25) is 5.15 Å². The first-order valence-electron chi connectivity index (χ1n) is 11.1. The summed E-state index contributed by atoms with van der Waals surface area (Å²) >= 11 is 6.03. The molecule has 1 aromatic heterocycles. The Hall–Kier alpha value is -3.89. The van der Waals surface area contributed by atoms with Gasteiger partial charge < -0.3 is 0 Å². The maximum atomic E-state index is 13.8. The van der Waals surface area contributed by atoms with E-state index in [0.29, 0.717) is 5.56 Å². The number of rotatable bonds is 1. The monoisotopic (exact) mass is 483 g/mol. The highest BCUT2D eigenvalue weighted by molar-refractivity contribution is 6.29. The second-order valence-corrected chi connectivity index (χ2v) is 8.83. The van der Waals surface area contributed by atoms with Gasteiger partial charge in [0.15, 0.2) is 0 Å². The van der Waals surface area contributed by atoms with Gasteiger partial charge in [-0.3, -0.25) is 0 Å². The molecule has 35 heavy (non-hydrogen) atoms. The highest BCUT2D eigenvalue weighted by atomic mass is 35.5. The van der Waals surface area contributed by atoms with E-state index in [1.54, 1.807) is 6.07 Å². The topological polar surface area (TPSA) is 12.9 Å². The molecule has 0 bridgehead atoms. The molecule has 0 radical (unpaired) electrons. The average molecular weight is 484 g/mol. The SMILES string of the molecule is FC(F)(F)c1cnc(Cl)cc1-c1ccc2c(c1)-c1ccccc1-c1ccccc1-c1ccccc1-2. The maximum absolute atomic E-state index is 13.8. The summed E-state index contributed by atoms with van der Waals surface area (Å²) in [6.45, 7) is 0. The van der Waals surface area contributed by atoms with Gasteiger partial charge in [0.05, 0.1) is 5.56 Å². The molecule has 0 saturated heterocycles. The van der Waals surface area contributed by atoms with Crippen molar-refractivity contribution < 1.29 is 13.2 Å². The molecule has 0 fully saturated rings. The van der Waals surface area contributed by atoms with Crippen LogP contribution in [-0.2, 0) is 6.18 Å². The smallest absolute Gasteiger partial charge is 0.244 e. The van der Waals surface area contributed by atoms with Crippen LogP contribution in [-0.4, -0.2) is 4.98 Å². The van der Waals surface area contributed by atoms with Gasteiger partial charge in [-0.1, -0.05) is 96.5 Å². The number of aromatic nitrogens is 1. The van der Waals surface area contributed by atoms with E-state index in [2.05, 4.69) is 35.3 Å². The summed E-state index contributed by atoms with van der Waals surface area (Å²) in [4.78, 5) is 3.68. The molecule has 0 atom stereocenters. The lowest BCUT2D eigenvalue weighted by Crippen LogP contribution is -2.08. The van der Waals surface area contributed by atoms with Gasteiger partial charge in [-0.2, -0.15) is 13.2 Å². The first kappa shape index (κ1) is 21.6. The number of alkyl halides is 3. The first-order valence-corrected chi connectivity index (χ1v) is 11.5. The molecule has 0 unspecified atom stereocenters. The van der Waals surface area contributed by atoms with E-state index >= 15 is 0 Å². The second-order valence-electron chi connectivity index (χ2n) is 8.45. The fraction of sp³-hybridized carbons (Fsp3) is 0.0333. The molecule has 0 saturated carbocycles. The Balaban J connectivity index is 1.70. The largest absolute Gasteiger partial charge is 0.418 e. The Morgan fingerprint density at radius 1 is 0.514 bits per heavy atom. The first-order chi connectivity index (χ1) is 16.9. The lowest BCUT2D eigenvalue weighted by molar-refractivity contribution is -0.137. The van der Waals surface area contributed by atoms with Crippen LogP contribution in [0.25, 0.3) is 55.6 Å². The normalized spacial score (nSPS) is 12.0. The van der Waals surface area contributed by atoms with Crippen molar-refractivity contribution in [3.8, 4) is 55.6 Å². The minimum atomic E-state index is -4.55. The highest BCUT2D eigenvalue weighted by Crippen LogP contribution is 2.49. The zero-order valence-corrected chi connectivity index (χ0v) is 19.0. The number of hydrogen-bond donors (Lipinski definition) is 0. The molecule has 1 aliphatic rings. The Morgan fingerprint density at radius 3 is 1.40 bits per heavy atom. The van der Waals surface area contributed by atoms with Gasteiger partial charge in [-0.15, -0.1) is 0 Å². The van der Waals surface area contributed by atoms with Crippen molar-refractivity contribution in [1.29, 1.82) is 0 Å². The van der Waals surface area contributed by atoms with E-state index in [4.69, 9.17) is 11.6 Å². The zero-order chi connectivity index (χ0) is 24.2. The molecule has 0 spiro atoms. The van der Waals surface area contributed by atoms with Gasteiger partial charge >= 0.3 is 6.18 Å². The summed E-state index contributed by atoms with van der Waals surface area (Å²) in [6.07, 6.45) is -3.76. The van der Waals surface area contributed by atoms with E-state index in [1.807, 2.05) is 54.6 Å². The molecule has 170 valence electrons. The quantitative estimate of drug-likeness (QED) is 0.212. The third-order valence-electron chi connectivity index (χ3n) is 6.45. The summed E-state index contributed by atoms with van der Waals surface area (Å²) in [5.74, 6) is 0. The summed E-state index contributed by atoms with van der Waals surface area (Å²) in [5, 5.41) is 0.0133. The van der Waals surface area contributed by atoms with Gasteiger partial charge in [-0.05, 0) is 67.8 Å². The molecule has 6 rings (SSSR count). The molecule has 0 amide bonds. The summed E-state index contributed by atoms with van der Waals surface area (Å²) < 4.78 is 41.5. The standard InChI is InChI=1S/C30H17ClF3N/c31-29-16-26(28(17-35-29)30(32,33)34)18-13-14-25-23-11-4-3-9-21(23)19-7-1-2-8-20(19)22-10-5-6-12-24(22)27(25)15-18/h1-17H.